The quantitative estimate of drug-likeness (QED) is 0.253. The highest BCUT2D eigenvalue weighted by Crippen LogP contribution is 2.32. The van der Waals surface area contributed by atoms with E-state index in [4.69, 9.17) is 11.6 Å². The number of carbonyl (C=O) groups excluding carboxylic acids is 2. The number of fused-ring (bicyclic) bond motifs is 1. The summed E-state index contributed by atoms with van der Waals surface area (Å²) >= 11 is 6.18. The van der Waals surface area contributed by atoms with Gasteiger partial charge in [0.05, 0.1) is 5.56 Å². The van der Waals surface area contributed by atoms with Crippen molar-refractivity contribution >= 4 is 40.0 Å². The maximum atomic E-state index is 13.8. The van der Waals surface area contributed by atoms with Crippen LogP contribution in [0.1, 0.15) is 48.8 Å². The maximum Gasteiger partial charge on any atom is 0.281 e. The molecule has 0 aliphatic carbocycles. The third kappa shape index (κ3) is 5.83. The highest BCUT2D eigenvalue weighted by atomic mass is 35.5. The molecule has 2 aromatic carbocycles. The summed E-state index contributed by atoms with van der Waals surface area (Å²) in [6.45, 7) is 4.74. The molecule has 0 atom stereocenters. The Morgan fingerprint density at radius 1 is 1.11 bits per heavy atom. The minimum atomic E-state index is -2.99. The molecule has 6 nitrogen and oxygen atoms in total. The van der Waals surface area contributed by atoms with E-state index >= 15 is 0 Å². The van der Waals surface area contributed by atoms with E-state index in [2.05, 4.69) is 20.2 Å². The molecular formula is C28H26ClF3N4O2. The summed E-state index contributed by atoms with van der Waals surface area (Å²) in [5.74, 6) is -1.65. The first-order chi connectivity index (χ1) is 18.0. The number of hydrogen-bond donors (Lipinski definition) is 2. The van der Waals surface area contributed by atoms with Gasteiger partial charge in [-0.25, -0.2) is 13.2 Å². The van der Waals surface area contributed by atoms with E-state index in [1.54, 1.807) is 18.2 Å². The third-order valence-corrected chi connectivity index (χ3v) is 6.25. The van der Waals surface area contributed by atoms with Crippen LogP contribution in [0, 0.1) is 0 Å². The number of hydrogen-bond acceptors (Lipinski definition) is 3. The molecule has 0 bridgehead atoms. The largest absolute Gasteiger partial charge is 0.349 e. The first-order valence-corrected chi connectivity index (χ1v) is 12.3. The van der Waals surface area contributed by atoms with Crippen molar-refractivity contribution in [2.75, 3.05) is 5.32 Å². The fourth-order valence-corrected chi connectivity index (χ4v) is 4.33. The number of rotatable bonds is 8. The van der Waals surface area contributed by atoms with Gasteiger partial charge in [0.1, 0.15) is 5.69 Å². The summed E-state index contributed by atoms with van der Waals surface area (Å²) in [6, 6.07) is 16.0. The van der Waals surface area contributed by atoms with Gasteiger partial charge < -0.3 is 15.2 Å². The lowest BCUT2D eigenvalue weighted by Gasteiger charge is -2.15. The van der Waals surface area contributed by atoms with Gasteiger partial charge in [-0.2, -0.15) is 0 Å². The number of aryl methyl sites for hydroxylation is 1. The minimum absolute atomic E-state index is 0.175. The number of nitrogens with zero attached hydrogens (tertiary/aromatic N) is 2. The van der Waals surface area contributed by atoms with Crippen LogP contribution in [0.15, 0.2) is 60.8 Å². The number of alkyl halides is 3. The second-order valence-corrected chi connectivity index (χ2v) is 9.68. The van der Waals surface area contributed by atoms with Crippen LogP contribution in [0.5, 0.6) is 0 Å². The summed E-state index contributed by atoms with van der Waals surface area (Å²) in [6.07, 6.45) is -1.87. The van der Waals surface area contributed by atoms with E-state index in [1.165, 1.54) is 6.07 Å². The molecule has 38 heavy (non-hydrogen) atoms. The highest BCUT2D eigenvalue weighted by molar-refractivity contribution is 6.30. The molecule has 2 N–H and O–H groups in total. The van der Waals surface area contributed by atoms with Crippen molar-refractivity contribution in [1.82, 2.24) is 14.9 Å². The lowest BCUT2D eigenvalue weighted by Crippen LogP contribution is -2.38. The van der Waals surface area contributed by atoms with Crippen LogP contribution in [0.2, 0.25) is 5.02 Å². The van der Waals surface area contributed by atoms with Crippen molar-refractivity contribution in [2.45, 2.75) is 46.0 Å². The van der Waals surface area contributed by atoms with Crippen LogP contribution in [0.3, 0.4) is 0 Å². The Bertz CT molecular complexity index is 1510. The number of nitrogens with one attached hydrogen (secondary N) is 2. The first kappa shape index (κ1) is 27.2. The lowest BCUT2D eigenvalue weighted by atomic mass is 10.1. The third-order valence-electron chi connectivity index (χ3n) is 6.02. The highest BCUT2D eigenvalue weighted by Gasteiger charge is 2.26. The molecule has 0 spiro atoms. The van der Waals surface area contributed by atoms with Crippen molar-refractivity contribution in [2.24, 2.45) is 0 Å². The average Bonchev–Trinajstić information content (AvgIpc) is 3.24. The smallest absolute Gasteiger partial charge is 0.281 e. The topological polar surface area (TPSA) is 76.0 Å². The van der Waals surface area contributed by atoms with Gasteiger partial charge in [-0.05, 0) is 74.4 Å². The van der Waals surface area contributed by atoms with Crippen molar-refractivity contribution in [3.8, 4) is 11.3 Å². The molecule has 198 valence electrons. The van der Waals surface area contributed by atoms with Crippen LogP contribution in [-0.4, -0.2) is 27.0 Å². The molecule has 4 aromatic rings. The predicted octanol–water partition coefficient (Wildman–Crippen LogP) is 6.93. The standard InChI is InChI=1S/C28H26ClF3N4O2/c1-4-36-22-9-8-20(12-18(22)13-23(36)17-6-5-7-19(29)11-17)35-26(37)21-10-16(14-33-24(21)25(30)31)15-34-27(38)28(2,3)32/h5-14,25H,4,15H2,1-3H3,(H,34,38)(H,35,37). The van der Waals surface area contributed by atoms with Gasteiger partial charge in [0, 0.05) is 46.6 Å². The zero-order valence-electron chi connectivity index (χ0n) is 21.0. The van der Waals surface area contributed by atoms with E-state index < -0.39 is 29.6 Å². The maximum absolute atomic E-state index is 13.8. The number of carbonyl (C=O) groups is 2. The number of aromatic nitrogens is 2. The summed E-state index contributed by atoms with van der Waals surface area (Å²) in [5, 5.41) is 6.50. The normalized spacial score (nSPS) is 11.7. The summed E-state index contributed by atoms with van der Waals surface area (Å²) in [7, 11) is 0. The molecule has 0 aliphatic heterocycles. The van der Waals surface area contributed by atoms with Crippen molar-refractivity contribution in [1.29, 1.82) is 0 Å². The van der Waals surface area contributed by atoms with Crippen LogP contribution in [0.25, 0.3) is 22.2 Å². The Morgan fingerprint density at radius 3 is 2.53 bits per heavy atom. The van der Waals surface area contributed by atoms with E-state index in [0.717, 1.165) is 42.2 Å². The predicted molar refractivity (Wildman–Crippen MR) is 142 cm³/mol. The summed E-state index contributed by atoms with van der Waals surface area (Å²) < 4.78 is 43.2. The minimum Gasteiger partial charge on any atom is -0.349 e. The van der Waals surface area contributed by atoms with E-state index in [0.29, 0.717) is 17.3 Å². The summed E-state index contributed by atoms with van der Waals surface area (Å²) in [5.41, 5.74) is 0.368. The second kappa shape index (κ2) is 10.9. The molecular weight excluding hydrogens is 517 g/mol. The Hall–Kier alpha value is -3.85. The Labute approximate surface area is 222 Å². The van der Waals surface area contributed by atoms with E-state index in [9.17, 15) is 22.8 Å². The molecule has 0 saturated carbocycles. The van der Waals surface area contributed by atoms with Crippen LogP contribution < -0.4 is 10.6 Å². The Kier molecular flexibility index (Phi) is 7.78. The van der Waals surface area contributed by atoms with Crippen molar-refractivity contribution in [3.05, 3.63) is 82.6 Å². The van der Waals surface area contributed by atoms with Gasteiger partial charge in [-0.1, -0.05) is 23.7 Å². The first-order valence-electron chi connectivity index (χ1n) is 11.9. The van der Waals surface area contributed by atoms with Crippen molar-refractivity contribution < 1.29 is 22.8 Å². The van der Waals surface area contributed by atoms with Crippen LogP contribution >= 0.6 is 11.6 Å². The number of benzene rings is 2. The molecule has 0 radical (unpaired) electrons. The van der Waals surface area contributed by atoms with Crippen LogP contribution in [-0.2, 0) is 17.9 Å². The van der Waals surface area contributed by atoms with Crippen LogP contribution in [0.4, 0.5) is 18.9 Å². The molecule has 0 fully saturated rings. The average molecular weight is 543 g/mol. The van der Waals surface area contributed by atoms with Gasteiger partial charge in [0.25, 0.3) is 18.2 Å². The molecule has 0 unspecified atom stereocenters. The van der Waals surface area contributed by atoms with E-state index in [-0.39, 0.29) is 17.7 Å². The van der Waals surface area contributed by atoms with E-state index in [1.807, 2.05) is 37.3 Å². The second-order valence-electron chi connectivity index (χ2n) is 9.24. The monoisotopic (exact) mass is 542 g/mol. The zero-order valence-corrected chi connectivity index (χ0v) is 21.7. The molecule has 10 heteroatoms. The fraction of sp³-hybridized carbons (Fsp3) is 0.250. The van der Waals surface area contributed by atoms with Gasteiger partial charge in [0.2, 0.25) is 0 Å². The Morgan fingerprint density at radius 2 is 1.87 bits per heavy atom. The van der Waals surface area contributed by atoms with Gasteiger partial charge in [-0.3, -0.25) is 14.6 Å². The van der Waals surface area contributed by atoms with Gasteiger partial charge >= 0.3 is 0 Å². The molecule has 2 heterocycles. The molecule has 0 saturated heterocycles. The molecule has 2 amide bonds. The Balaban J connectivity index is 1.62. The molecule has 0 aliphatic rings. The number of anilines is 1. The fourth-order valence-electron chi connectivity index (χ4n) is 4.14. The number of pyridine rings is 1. The SMILES string of the molecule is CCn1c(-c2cccc(Cl)c2)cc2cc(NC(=O)c3cc(CNC(=O)C(C)(C)F)cnc3C(F)F)ccc21. The number of amides is 2. The summed E-state index contributed by atoms with van der Waals surface area (Å²) in [4.78, 5) is 28.6. The molecule has 4 rings (SSSR count). The van der Waals surface area contributed by atoms with Gasteiger partial charge in [-0.15, -0.1) is 0 Å². The zero-order chi connectivity index (χ0) is 27.6. The number of halogens is 4. The van der Waals surface area contributed by atoms with Gasteiger partial charge in [0.15, 0.2) is 5.67 Å². The lowest BCUT2D eigenvalue weighted by molar-refractivity contribution is -0.130. The molecule has 2 aromatic heterocycles. The van der Waals surface area contributed by atoms with Crippen molar-refractivity contribution in [3.63, 3.8) is 0 Å².